The summed E-state index contributed by atoms with van der Waals surface area (Å²) in [4.78, 5) is 11.0. The van der Waals surface area contributed by atoms with Crippen LogP contribution in [0.2, 0.25) is 0 Å². The molecule has 1 aliphatic carbocycles. The standard InChI is InChI=1S/C15H16I3NO5S/c1-4-9(16)14-10(25(22,23)24)7-8-13(19(20)21)15(14,11(17)5-2)12(18)6-3/h4-9,11-12,14H,1-3H2,(H,22,23,24). The van der Waals surface area contributed by atoms with Gasteiger partial charge in [0, 0.05) is 23.8 Å². The normalized spacial score (nSPS) is 27.3. The second kappa shape index (κ2) is 8.93. The molecule has 4 unspecified atom stereocenters. The molecule has 0 heterocycles. The Morgan fingerprint density at radius 3 is 1.96 bits per heavy atom. The number of allylic oxidation sites excluding steroid dienone is 7. The van der Waals surface area contributed by atoms with Gasteiger partial charge in [0.25, 0.3) is 15.8 Å². The highest BCUT2D eigenvalue weighted by Gasteiger charge is 2.61. The SMILES string of the molecule is C=CC(I)C1C(S(=O)(=O)O)=CC=C([N+](=O)[O-])C1(C(I)C=C)C(I)C=C. The summed E-state index contributed by atoms with van der Waals surface area (Å²) in [5.74, 6) is -0.911. The van der Waals surface area contributed by atoms with E-state index in [1.807, 2.05) is 67.8 Å². The van der Waals surface area contributed by atoms with Gasteiger partial charge in [0.2, 0.25) is 0 Å². The first-order valence-electron chi connectivity index (χ1n) is 6.84. The van der Waals surface area contributed by atoms with Crippen molar-refractivity contribution < 1.29 is 17.9 Å². The third-order valence-corrected chi connectivity index (χ3v) is 9.33. The molecule has 0 bridgehead atoms. The molecule has 0 saturated carbocycles. The summed E-state index contributed by atoms with van der Waals surface area (Å²) in [5.41, 5.74) is -1.43. The average Bonchev–Trinajstić information content (AvgIpc) is 2.56. The molecule has 0 saturated heterocycles. The minimum atomic E-state index is -4.57. The van der Waals surface area contributed by atoms with Crippen molar-refractivity contribution in [2.45, 2.75) is 11.8 Å². The van der Waals surface area contributed by atoms with Crippen LogP contribution in [0.4, 0.5) is 0 Å². The summed E-state index contributed by atoms with van der Waals surface area (Å²) in [6, 6.07) is 0. The number of nitrogens with zero attached hydrogens (tertiary/aromatic N) is 1. The summed E-state index contributed by atoms with van der Waals surface area (Å²) in [6.07, 6.45) is 6.85. The van der Waals surface area contributed by atoms with Crippen molar-refractivity contribution in [1.82, 2.24) is 0 Å². The first-order chi connectivity index (χ1) is 11.5. The lowest BCUT2D eigenvalue weighted by Crippen LogP contribution is -2.53. The fourth-order valence-corrected chi connectivity index (χ4v) is 8.00. The van der Waals surface area contributed by atoms with Crippen LogP contribution in [0.15, 0.2) is 60.7 Å². The van der Waals surface area contributed by atoms with E-state index in [9.17, 15) is 23.1 Å². The van der Waals surface area contributed by atoms with Gasteiger partial charge in [-0.3, -0.25) is 14.7 Å². The van der Waals surface area contributed by atoms with Crippen molar-refractivity contribution in [3.63, 3.8) is 0 Å². The summed E-state index contributed by atoms with van der Waals surface area (Å²) < 4.78 is 32.2. The lowest BCUT2D eigenvalue weighted by atomic mass is 9.64. The predicted octanol–water partition coefficient (Wildman–Crippen LogP) is 4.50. The van der Waals surface area contributed by atoms with Crippen LogP contribution in [0.3, 0.4) is 0 Å². The fraction of sp³-hybridized carbons (Fsp3) is 0.333. The summed E-state index contributed by atoms with van der Waals surface area (Å²) >= 11 is 6.00. The highest BCUT2D eigenvalue weighted by molar-refractivity contribution is 14.1. The molecular weight excluding hydrogens is 687 g/mol. The molecule has 25 heavy (non-hydrogen) atoms. The van der Waals surface area contributed by atoms with Gasteiger partial charge in [0.05, 0.1) is 9.83 Å². The Bertz CT molecular complexity index is 745. The Morgan fingerprint density at radius 2 is 1.64 bits per heavy atom. The number of hydrogen-bond donors (Lipinski definition) is 1. The van der Waals surface area contributed by atoms with E-state index in [0.717, 1.165) is 12.2 Å². The maximum atomic E-state index is 12.0. The molecule has 0 aromatic rings. The first kappa shape index (κ1) is 23.2. The number of rotatable bonds is 8. The molecule has 1 aliphatic rings. The van der Waals surface area contributed by atoms with Gasteiger partial charge in [-0.25, -0.2) is 0 Å². The highest BCUT2D eigenvalue weighted by atomic mass is 127. The number of alkyl halides is 3. The van der Waals surface area contributed by atoms with Crippen LogP contribution in [0.1, 0.15) is 0 Å². The fourth-order valence-electron chi connectivity index (χ4n) is 2.99. The van der Waals surface area contributed by atoms with Crippen LogP contribution in [0.25, 0.3) is 0 Å². The molecule has 0 aliphatic heterocycles. The van der Waals surface area contributed by atoms with Gasteiger partial charge >= 0.3 is 0 Å². The van der Waals surface area contributed by atoms with Crippen LogP contribution in [-0.4, -0.2) is 29.7 Å². The maximum absolute atomic E-state index is 12.0. The minimum Gasteiger partial charge on any atom is -0.282 e. The molecule has 6 nitrogen and oxygen atoms in total. The van der Waals surface area contributed by atoms with E-state index in [1.165, 1.54) is 6.08 Å². The molecule has 0 spiro atoms. The summed E-state index contributed by atoms with van der Waals surface area (Å²) in [5, 5.41) is 11.8. The second-order valence-electron chi connectivity index (χ2n) is 5.22. The van der Waals surface area contributed by atoms with Crippen molar-refractivity contribution in [1.29, 1.82) is 0 Å². The van der Waals surface area contributed by atoms with Gasteiger partial charge < -0.3 is 0 Å². The van der Waals surface area contributed by atoms with E-state index in [1.54, 1.807) is 12.2 Å². The van der Waals surface area contributed by atoms with Crippen LogP contribution in [0.5, 0.6) is 0 Å². The lowest BCUT2D eigenvalue weighted by Gasteiger charge is -2.46. The third kappa shape index (κ3) is 4.21. The number of halogens is 3. The zero-order chi connectivity index (χ0) is 19.6. The molecule has 0 aromatic heterocycles. The molecular formula is C15H16I3NO5S. The molecule has 10 heteroatoms. The van der Waals surface area contributed by atoms with Crippen LogP contribution >= 0.6 is 67.8 Å². The first-order valence-corrected chi connectivity index (χ1v) is 12.0. The molecule has 0 fully saturated rings. The summed E-state index contributed by atoms with van der Waals surface area (Å²) in [6.45, 7) is 11.2. The monoisotopic (exact) mass is 703 g/mol. The molecule has 1 rings (SSSR count). The maximum Gasteiger partial charge on any atom is 0.290 e. The van der Waals surface area contributed by atoms with E-state index in [0.29, 0.717) is 0 Å². The van der Waals surface area contributed by atoms with Crippen LogP contribution in [-0.2, 0) is 10.1 Å². The third-order valence-electron chi connectivity index (χ3n) is 4.03. The lowest BCUT2D eigenvalue weighted by molar-refractivity contribution is -0.442. The topological polar surface area (TPSA) is 97.5 Å². The molecule has 4 atom stereocenters. The molecule has 0 aromatic carbocycles. The Balaban J connectivity index is 4.04. The van der Waals surface area contributed by atoms with Crippen LogP contribution in [0, 0.1) is 21.4 Å². The minimum absolute atomic E-state index is 0.146. The summed E-state index contributed by atoms with van der Waals surface area (Å²) in [7, 11) is -4.57. The van der Waals surface area contributed by atoms with Crippen molar-refractivity contribution in [3.8, 4) is 0 Å². The second-order valence-corrected chi connectivity index (χ2v) is 10.8. The van der Waals surface area contributed by atoms with Gasteiger partial charge in [0.15, 0.2) is 0 Å². The Morgan fingerprint density at radius 1 is 1.16 bits per heavy atom. The quantitative estimate of drug-likeness (QED) is 0.100. The zero-order valence-electron chi connectivity index (χ0n) is 12.9. The molecule has 0 radical (unpaired) electrons. The molecule has 0 amide bonds. The van der Waals surface area contributed by atoms with E-state index in [4.69, 9.17) is 0 Å². The Labute approximate surface area is 187 Å². The van der Waals surface area contributed by atoms with E-state index in [-0.39, 0.29) is 10.6 Å². The van der Waals surface area contributed by atoms with Crippen molar-refractivity contribution in [3.05, 3.63) is 70.8 Å². The van der Waals surface area contributed by atoms with Gasteiger partial charge in [0.1, 0.15) is 5.41 Å². The van der Waals surface area contributed by atoms with Gasteiger partial charge in [-0.2, -0.15) is 8.42 Å². The van der Waals surface area contributed by atoms with Crippen molar-refractivity contribution in [2.75, 3.05) is 0 Å². The zero-order valence-corrected chi connectivity index (χ0v) is 20.2. The van der Waals surface area contributed by atoms with E-state index < -0.39 is 38.1 Å². The van der Waals surface area contributed by atoms with Gasteiger partial charge in [-0.15, -0.1) is 19.7 Å². The Kier molecular flexibility index (Phi) is 8.30. The predicted molar refractivity (Wildman–Crippen MR) is 125 cm³/mol. The van der Waals surface area contributed by atoms with Crippen LogP contribution < -0.4 is 0 Å². The highest BCUT2D eigenvalue weighted by Crippen LogP contribution is 2.57. The largest absolute Gasteiger partial charge is 0.290 e. The van der Waals surface area contributed by atoms with Gasteiger partial charge in [-0.05, 0) is 6.08 Å². The average molecular weight is 703 g/mol. The number of hydrogen-bond acceptors (Lipinski definition) is 4. The van der Waals surface area contributed by atoms with Gasteiger partial charge in [-0.1, -0.05) is 86.0 Å². The number of nitro groups is 1. The molecule has 1 N–H and O–H groups in total. The van der Waals surface area contributed by atoms with Crippen molar-refractivity contribution >= 4 is 77.9 Å². The van der Waals surface area contributed by atoms with E-state index in [2.05, 4.69) is 19.7 Å². The van der Waals surface area contributed by atoms with E-state index >= 15 is 0 Å². The molecule has 138 valence electrons. The van der Waals surface area contributed by atoms with Crippen molar-refractivity contribution in [2.24, 2.45) is 11.3 Å². The Hall–Kier alpha value is 0.200. The smallest absolute Gasteiger partial charge is 0.282 e.